The predicted octanol–water partition coefficient (Wildman–Crippen LogP) is 7.19. The highest BCUT2D eigenvalue weighted by Gasteiger charge is 2.26. The number of hydrazone groups is 2. The van der Waals surface area contributed by atoms with Gasteiger partial charge in [-0.05, 0) is 24.0 Å². The normalized spacial score (nSPS) is 13.2. The minimum atomic E-state index is -1.66. The summed E-state index contributed by atoms with van der Waals surface area (Å²) in [6.45, 7) is 20.3. The molecule has 32 heavy (non-hydrogen) atoms. The minimum absolute atomic E-state index is 0.846. The molecule has 0 atom stereocenters. The van der Waals surface area contributed by atoms with Crippen LogP contribution in [0, 0.1) is 0 Å². The zero-order chi connectivity index (χ0) is 23.8. The second-order valence-corrected chi connectivity index (χ2v) is 19.9. The van der Waals surface area contributed by atoms with Crippen molar-refractivity contribution in [2.45, 2.75) is 79.1 Å². The number of hydrogen-bond donors (Lipinski definition) is 0. The van der Waals surface area contributed by atoms with Crippen molar-refractivity contribution in [3.8, 4) is 0 Å². The first-order valence-electron chi connectivity index (χ1n) is 11.8. The van der Waals surface area contributed by atoms with Gasteiger partial charge in [-0.2, -0.15) is 10.2 Å². The molecule has 0 radical (unpaired) electrons. The molecular weight excluding hydrogens is 424 g/mol. The monoisotopic (exact) mass is 466 g/mol. The molecule has 0 saturated heterocycles. The number of nitrogens with zero attached hydrogens (tertiary/aromatic N) is 4. The van der Waals surface area contributed by atoms with Crippen LogP contribution in [0.1, 0.15) is 37.8 Å². The third kappa shape index (κ3) is 8.06. The topological polar surface area (TPSA) is 31.2 Å². The smallest absolute Gasteiger partial charge is 0.169 e. The molecule has 2 aromatic rings. The van der Waals surface area contributed by atoms with Crippen LogP contribution in [0.5, 0.6) is 0 Å². The molecule has 4 nitrogen and oxygen atoms in total. The van der Waals surface area contributed by atoms with Gasteiger partial charge in [-0.3, -0.25) is 0 Å². The first kappa shape index (κ1) is 26.1. The summed E-state index contributed by atoms with van der Waals surface area (Å²) in [7, 11) is -3.32. The van der Waals surface area contributed by atoms with Crippen molar-refractivity contribution in [1.82, 2.24) is 9.35 Å². The Balaban J connectivity index is 2.41. The van der Waals surface area contributed by atoms with Crippen LogP contribution >= 0.6 is 0 Å². The van der Waals surface area contributed by atoms with Gasteiger partial charge in [0.25, 0.3) is 0 Å². The van der Waals surface area contributed by atoms with Crippen LogP contribution in [-0.4, -0.2) is 37.2 Å². The lowest BCUT2D eigenvalue weighted by atomic mass is 10.1. The maximum absolute atomic E-state index is 5.24. The molecule has 0 aliphatic heterocycles. The van der Waals surface area contributed by atoms with Gasteiger partial charge in [-0.1, -0.05) is 114 Å². The van der Waals surface area contributed by atoms with Crippen molar-refractivity contribution in [1.29, 1.82) is 0 Å². The molecule has 0 spiro atoms. The molecule has 2 aromatic carbocycles. The highest BCUT2D eigenvalue weighted by atomic mass is 28.3. The Morgan fingerprint density at radius 1 is 0.594 bits per heavy atom. The summed E-state index contributed by atoms with van der Waals surface area (Å²) in [6, 6.07) is 21.3. The lowest BCUT2D eigenvalue weighted by Gasteiger charge is -2.34. The van der Waals surface area contributed by atoms with Gasteiger partial charge in [-0.15, -0.1) is 0 Å². The fraction of sp³-hybridized carbons (Fsp3) is 0.462. The Morgan fingerprint density at radius 2 is 0.906 bits per heavy atom. The van der Waals surface area contributed by atoms with E-state index in [0.29, 0.717) is 0 Å². The summed E-state index contributed by atoms with van der Waals surface area (Å²) >= 11 is 0. The summed E-state index contributed by atoms with van der Waals surface area (Å²) in [5.41, 5.74) is 4.83. The van der Waals surface area contributed by atoms with E-state index in [-0.39, 0.29) is 0 Å². The van der Waals surface area contributed by atoms with Crippen molar-refractivity contribution in [3.05, 3.63) is 71.8 Å². The van der Waals surface area contributed by atoms with Crippen LogP contribution in [0.4, 0.5) is 0 Å². The highest BCUT2D eigenvalue weighted by Crippen LogP contribution is 2.19. The van der Waals surface area contributed by atoms with Crippen LogP contribution in [0.2, 0.25) is 39.3 Å². The molecule has 174 valence electrons. The Bertz CT molecular complexity index is 806. The Labute approximate surface area is 198 Å². The quantitative estimate of drug-likeness (QED) is 0.199. The lowest BCUT2D eigenvalue weighted by molar-refractivity contribution is 0.438. The van der Waals surface area contributed by atoms with Gasteiger partial charge < -0.3 is 9.35 Å². The van der Waals surface area contributed by atoms with Gasteiger partial charge in [0, 0.05) is 0 Å². The molecule has 0 aliphatic carbocycles. The Kier molecular flexibility index (Phi) is 9.46. The molecule has 0 bridgehead atoms. The van der Waals surface area contributed by atoms with Crippen molar-refractivity contribution >= 4 is 27.9 Å². The Hall–Kier alpha value is -2.19. The molecule has 2 rings (SSSR count). The lowest BCUT2D eigenvalue weighted by Crippen LogP contribution is -2.44. The molecule has 0 heterocycles. The standard InChI is InChI=1S/C26H42N4Si2/c1-9-25(27-29(31(3,4)5)21-23-17-13-11-14-18-23)26(10-2)28-30(32(6,7)8)22-24-19-15-12-16-20-24/h11-20H,9-10,21-22H2,1-8H3. The molecule has 0 unspecified atom stereocenters. The van der Waals surface area contributed by atoms with Gasteiger partial charge in [0.05, 0.1) is 24.5 Å². The van der Waals surface area contributed by atoms with E-state index in [4.69, 9.17) is 10.2 Å². The van der Waals surface area contributed by atoms with E-state index in [9.17, 15) is 0 Å². The molecule has 0 aromatic heterocycles. The second-order valence-electron chi connectivity index (χ2n) is 10.2. The first-order valence-corrected chi connectivity index (χ1v) is 18.7. The molecule has 0 amide bonds. The van der Waals surface area contributed by atoms with Crippen molar-refractivity contribution in [2.75, 3.05) is 0 Å². The highest BCUT2D eigenvalue weighted by molar-refractivity contribution is 6.73. The SMILES string of the molecule is CCC(=NN(Cc1ccccc1)[Si](C)(C)C)C(CC)=NN(Cc1ccccc1)[Si](C)(C)C. The number of hydrogen-bond acceptors (Lipinski definition) is 4. The molecule has 0 aliphatic rings. The van der Waals surface area contributed by atoms with E-state index in [1.165, 1.54) is 11.1 Å². The molecule has 0 saturated carbocycles. The second kappa shape index (κ2) is 11.6. The largest absolute Gasteiger partial charge is 0.320 e. The van der Waals surface area contributed by atoms with E-state index in [0.717, 1.165) is 37.4 Å². The average molecular weight is 467 g/mol. The van der Waals surface area contributed by atoms with E-state index in [2.05, 4.69) is 123 Å². The average Bonchev–Trinajstić information content (AvgIpc) is 2.74. The van der Waals surface area contributed by atoms with Gasteiger partial charge in [0.1, 0.15) is 0 Å². The molecular formula is C26H42N4Si2. The van der Waals surface area contributed by atoms with Crippen LogP contribution in [0.15, 0.2) is 70.9 Å². The molecule has 6 heteroatoms. The molecule has 0 fully saturated rings. The summed E-state index contributed by atoms with van der Waals surface area (Å²) < 4.78 is 4.70. The third-order valence-corrected chi connectivity index (χ3v) is 9.00. The van der Waals surface area contributed by atoms with Crippen LogP contribution in [-0.2, 0) is 13.1 Å². The van der Waals surface area contributed by atoms with E-state index >= 15 is 0 Å². The fourth-order valence-electron chi connectivity index (χ4n) is 3.31. The zero-order valence-corrected chi connectivity index (χ0v) is 23.4. The van der Waals surface area contributed by atoms with Gasteiger partial charge in [0.15, 0.2) is 16.5 Å². The van der Waals surface area contributed by atoms with Gasteiger partial charge in [0.2, 0.25) is 0 Å². The Morgan fingerprint density at radius 3 is 1.16 bits per heavy atom. The summed E-state index contributed by atoms with van der Waals surface area (Å²) in [6.07, 6.45) is 1.76. The van der Waals surface area contributed by atoms with Gasteiger partial charge in [-0.25, -0.2) is 0 Å². The van der Waals surface area contributed by atoms with Crippen LogP contribution in [0.3, 0.4) is 0 Å². The van der Waals surface area contributed by atoms with E-state index in [1.807, 2.05) is 0 Å². The zero-order valence-electron chi connectivity index (χ0n) is 21.4. The van der Waals surface area contributed by atoms with Crippen molar-refractivity contribution < 1.29 is 0 Å². The summed E-state index contributed by atoms with van der Waals surface area (Å²) in [5, 5.41) is 10.5. The maximum atomic E-state index is 5.24. The van der Waals surface area contributed by atoms with E-state index < -0.39 is 16.5 Å². The molecule has 0 N–H and O–H groups in total. The minimum Gasteiger partial charge on any atom is -0.320 e. The fourth-order valence-corrected chi connectivity index (χ4v) is 5.47. The van der Waals surface area contributed by atoms with Crippen LogP contribution < -0.4 is 0 Å². The third-order valence-electron chi connectivity index (χ3n) is 5.38. The van der Waals surface area contributed by atoms with Crippen molar-refractivity contribution in [3.63, 3.8) is 0 Å². The maximum Gasteiger partial charge on any atom is 0.169 e. The summed E-state index contributed by atoms with van der Waals surface area (Å²) in [4.78, 5) is 0. The predicted molar refractivity (Wildman–Crippen MR) is 146 cm³/mol. The number of benzene rings is 2. The number of rotatable bonds is 11. The first-order chi connectivity index (χ1) is 15.0. The van der Waals surface area contributed by atoms with Gasteiger partial charge >= 0.3 is 0 Å². The van der Waals surface area contributed by atoms with Crippen LogP contribution in [0.25, 0.3) is 0 Å². The van der Waals surface area contributed by atoms with Crippen molar-refractivity contribution in [2.24, 2.45) is 10.2 Å². The summed E-state index contributed by atoms with van der Waals surface area (Å²) in [5.74, 6) is 0. The van der Waals surface area contributed by atoms with E-state index in [1.54, 1.807) is 0 Å².